The first-order valence-electron chi connectivity index (χ1n) is 13.7. The highest BCUT2D eigenvalue weighted by Gasteiger charge is 2.10. The molecule has 2 heteroatoms. The molecule has 0 radical (unpaired) electrons. The quantitative estimate of drug-likeness (QED) is 0.221. The van der Waals surface area contributed by atoms with E-state index in [4.69, 9.17) is 0 Å². The van der Waals surface area contributed by atoms with E-state index >= 15 is 0 Å². The predicted molar refractivity (Wildman–Crippen MR) is 171 cm³/mol. The fraction of sp³-hybridized carbons (Fsp3) is 0. The van der Waals surface area contributed by atoms with Crippen LogP contribution in [-0.4, -0.2) is 9.97 Å². The molecule has 0 amide bonds. The molecule has 0 saturated carbocycles. The number of H-pyrrole nitrogens is 2. The second kappa shape index (κ2) is 9.14. The molecule has 8 rings (SSSR count). The summed E-state index contributed by atoms with van der Waals surface area (Å²) in [6, 6.07) is 47.7. The van der Waals surface area contributed by atoms with E-state index in [1.54, 1.807) is 0 Å². The molecule has 8 aromatic rings. The highest BCUT2D eigenvalue weighted by atomic mass is 14.7. The number of aromatic amines is 2. The van der Waals surface area contributed by atoms with Crippen molar-refractivity contribution >= 4 is 55.8 Å². The first kappa shape index (κ1) is 22.6. The maximum Gasteiger partial charge on any atom is 0.0544 e. The fourth-order valence-electron chi connectivity index (χ4n) is 5.97. The van der Waals surface area contributed by atoms with Crippen LogP contribution in [0.3, 0.4) is 0 Å². The maximum atomic E-state index is 3.62. The molecule has 2 N–H and O–H groups in total. The molecule has 2 aromatic heterocycles. The Labute approximate surface area is 232 Å². The Morgan fingerprint density at radius 2 is 0.750 bits per heavy atom. The van der Waals surface area contributed by atoms with Crippen molar-refractivity contribution in [3.63, 3.8) is 0 Å². The van der Waals surface area contributed by atoms with E-state index in [-0.39, 0.29) is 0 Å². The van der Waals surface area contributed by atoms with Crippen molar-refractivity contribution in [2.24, 2.45) is 0 Å². The van der Waals surface area contributed by atoms with Crippen LogP contribution in [0.2, 0.25) is 0 Å². The average Bonchev–Trinajstić information content (AvgIpc) is 3.59. The Balaban J connectivity index is 1.06. The van der Waals surface area contributed by atoms with E-state index in [1.807, 2.05) is 0 Å². The summed E-state index contributed by atoms with van der Waals surface area (Å²) in [6.07, 6.45) is 4.36. The molecule has 0 atom stereocenters. The fourth-order valence-corrected chi connectivity index (χ4v) is 5.97. The van der Waals surface area contributed by atoms with Gasteiger partial charge in [-0.1, -0.05) is 133 Å². The smallest absolute Gasteiger partial charge is 0.0544 e. The van der Waals surface area contributed by atoms with Gasteiger partial charge < -0.3 is 9.97 Å². The Morgan fingerprint density at radius 3 is 1.20 bits per heavy atom. The number of nitrogens with one attached hydrogen (secondary N) is 2. The maximum absolute atomic E-state index is 3.62. The summed E-state index contributed by atoms with van der Waals surface area (Å²) in [5.74, 6) is 0. The van der Waals surface area contributed by atoms with Crippen LogP contribution >= 0.6 is 0 Å². The zero-order chi connectivity index (χ0) is 26.5. The third kappa shape index (κ3) is 3.73. The van der Waals surface area contributed by atoms with E-state index in [2.05, 4.69) is 156 Å². The average molecular weight is 511 g/mol. The molecule has 0 aliphatic heterocycles. The number of rotatable bonds is 4. The highest BCUT2D eigenvalue weighted by Crippen LogP contribution is 2.34. The van der Waals surface area contributed by atoms with Gasteiger partial charge in [0.15, 0.2) is 0 Å². The van der Waals surface area contributed by atoms with Gasteiger partial charge in [0.2, 0.25) is 0 Å². The summed E-state index contributed by atoms with van der Waals surface area (Å²) in [7, 11) is 0. The van der Waals surface area contributed by atoms with Gasteiger partial charge in [-0.05, 0) is 34.4 Å². The van der Waals surface area contributed by atoms with Crippen molar-refractivity contribution in [3.8, 4) is 22.3 Å². The van der Waals surface area contributed by atoms with Crippen molar-refractivity contribution in [1.82, 2.24) is 9.97 Å². The zero-order valence-electron chi connectivity index (χ0n) is 21.9. The molecule has 2 nitrogen and oxygen atoms in total. The molecule has 188 valence electrons. The first-order valence-corrected chi connectivity index (χ1v) is 13.7. The number of para-hydroxylation sites is 4. The van der Waals surface area contributed by atoms with Gasteiger partial charge in [-0.3, -0.25) is 0 Å². The van der Waals surface area contributed by atoms with E-state index < -0.39 is 0 Å². The molecule has 0 aliphatic carbocycles. The van der Waals surface area contributed by atoms with Crippen LogP contribution in [-0.2, 0) is 0 Å². The first-order chi connectivity index (χ1) is 19.8. The molecule has 0 spiro atoms. The van der Waals surface area contributed by atoms with Gasteiger partial charge in [-0.25, -0.2) is 0 Å². The molecule has 0 fully saturated rings. The summed E-state index contributed by atoms with van der Waals surface area (Å²) in [5, 5.41) is 5.06. The van der Waals surface area contributed by atoms with Gasteiger partial charge >= 0.3 is 0 Å². The third-order valence-corrected chi connectivity index (χ3v) is 7.99. The SMILES string of the molecule is C(=Cc1ccc(-c2cccc3c2[nH]c2ccccc23)cc1)c1ccc(-c2cccc3c2[nH]c2ccccc23)cc1. The summed E-state index contributed by atoms with van der Waals surface area (Å²) >= 11 is 0. The standard InChI is InChI=1S/C38H26N2/c1-3-13-35-31(7-1)33-11-5-9-29(37(33)39-35)27-21-17-25(18-22-27)15-16-26-19-23-28(24-20-26)30-10-6-12-34-32-8-2-4-14-36(32)40-38(30)34/h1-24,39-40H. The van der Waals surface area contributed by atoms with Gasteiger partial charge in [0, 0.05) is 43.7 Å². The van der Waals surface area contributed by atoms with Gasteiger partial charge in [0.1, 0.15) is 0 Å². The molecular weight excluding hydrogens is 484 g/mol. The zero-order valence-corrected chi connectivity index (χ0v) is 21.9. The number of benzene rings is 6. The van der Waals surface area contributed by atoms with Crippen LogP contribution in [0.25, 0.3) is 78.0 Å². The summed E-state index contributed by atoms with van der Waals surface area (Å²) in [4.78, 5) is 7.25. The van der Waals surface area contributed by atoms with Gasteiger partial charge in [-0.2, -0.15) is 0 Å². The van der Waals surface area contributed by atoms with Crippen LogP contribution in [0.4, 0.5) is 0 Å². The molecule has 0 unspecified atom stereocenters. The van der Waals surface area contributed by atoms with Gasteiger partial charge in [0.25, 0.3) is 0 Å². The van der Waals surface area contributed by atoms with E-state index in [1.165, 1.54) is 77.0 Å². The Morgan fingerprint density at radius 1 is 0.350 bits per heavy atom. The second-order valence-electron chi connectivity index (χ2n) is 10.4. The predicted octanol–water partition coefficient (Wildman–Crippen LogP) is 10.5. The lowest BCUT2D eigenvalue weighted by atomic mass is 10.00. The van der Waals surface area contributed by atoms with Crippen molar-refractivity contribution in [3.05, 3.63) is 145 Å². The lowest BCUT2D eigenvalue weighted by Gasteiger charge is -2.05. The van der Waals surface area contributed by atoms with Crippen LogP contribution < -0.4 is 0 Å². The molecule has 0 aliphatic rings. The van der Waals surface area contributed by atoms with Crippen molar-refractivity contribution < 1.29 is 0 Å². The Kier molecular flexibility index (Phi) is 5.17. The Bertz CT molecular complexity index is 2030. The van der Waals surface area contributed by atoms with Gasteiger partial charge in [-0.15, -0.1) is 0 Å². The lowest BCUT2D eigenvalue weighted by Crippen LogP contribution is -1.82. The molecule has 2 heterocycles. The van der Waals surface area contributed by atoms with Crippen LogP contribution in [0.1, 0.15) is 11.1 Å². The highest BCUT2D eigenvalue weighted by molar-refractivity contribution is 6.12. The topological polar surface area (TPSA) is 31.6 Å². The molecule has 6 aromatic carbocycles. The minimum atomic E-state index is 1.17. The minimum absolute atomic E-state index is 1.17. The summed E-state index contributed by atoms with van der Waals surface area (Å²) < 4.78 is 0. The summed E-state index contributed by atoms with van der Waals surface area (Å²) in [5.41, 5.74) is 12.0. The molecule has 40 heavy (non-hydrogen) atoms. The van der Waals surface area contributed by atoms with E-state index in [0.717, 1.165) is 0 Å². The number of hydrogen-bond donors (Lipinski definition) is 2. The van der Waals surface area contributed by atoms with Gasteiger partial charge in [0.05, 0.1) is 11.0 Å². The van der Waals surface area contributed by atoms with E-state index in [9.17, 15) is 0 Å². The molecule has 0 bridgehead atoms. The number of hydrogen-bond acceptors (Lipinski definition) is 0. The molecular formula is C38H26N2. The largest absolute Gasteiger partial charge is 0.354 e. The molecule has 0 saturated heterocycles. The van der Waals surface area contributed by atoms with Crippen molar-refractivity contribution in [2.45, 2.75) is 0 Å². The third-order valence-electron chi connectivity index (χ3n) is 7.99. The second-order valence-corrected chi connectivity index (χ2v) is 10.4. The van der Waals surface area contributed by atoms with Crippen LogP contribution in [0, 0.1) is 0 Å². The normalized spacial score (nSPS) is 11.9. The Hall–Kier alpha value is -5.34. The van der Waals surface area contributed by atoms with Crippen molar-refractivity contribution in [2.75, 3.05) is 0 Å². The van der Waals surface area contributed by atoms with E-state index in [0.29, 0.717) is 0 Å². The minimum Gasteiger partial charge on any atom is -0.354 e. The number of fused-ring (bicyclic) bond motifs is 6. The summed E-state index contributed by atoms with van der Waals surface area (Å²) in [6.45, 7) is 0. The van der Waals surface area contributed by atoms with Crippen molar-refractivity contribution in [1.29, 1.82) is 0 Å². The lowest BCUT2D eigenvalue weighted by molar-refractivity contribution is 1.53. The number of aromatic nitrogens is 2. The van der Waals surface area contributed by atoms with Crippen LogP contribution in [0.5, 0.6) is 0 Å². The monoisotopic (exact) mass is 510 g/mol. The van der Waals surface area contributed by atoms with Crippen LogP contribution in [0.15, 0.2) is 133 Å².